The Hall–Kier alpha value is -1.62. The molecule has 140 valence electrons. The Kier molecular flexibility index (Phi) is 3.46. The summed E-state index contributed by atoms with van der Waals surface area (Å²) in [6.07, 6.45) is 5.39. The SMILES string of the molecule is Cc1c(N2CCC(OCC3(C)CC3)C3CC32)nc2c(c1C)C(=O)N(C)C2. The molecule has 0 aromatic carbocycles. The van der Waals surface area contributed by atoms with Crippen LogP contribution in [0.4, 0.5) is 5.82 Å². The van der Waals surface area contributed by atoms with Gasteiger partial charge in [0.15, 0.2) is 0 Å². The van der Waals surface area contributed by atoms with Gasteiger partial charge in [-0.3, -0.25) is 4.79 Å². The molecule has 2 saturated carbocycles. The molecule has 2 aliphatic carbocycles. The van der Waals surface area contributed by atoms with Crippen LogP contribution in [0.15, 0.2) is 0 Å². The largest absolute Gasteiger partial charge is 0.377 e. The Morgan fingerprint density at radius 3 is 2.77 bits per heavy atom. The van der Waals surface area contributed by atoms with E-state index in [4.69, 9.17) is 9.72 Å². The van der Waals surface area contributed by atoms with Gasteiger partial charge in [0.05, 0.1) is 30.5 Å². The molecule has 0 radical (unpaired) electrons. The van der Waals surface area contributed by atoms with Crippen molar-refractivity contribution in [3.8, 4) is 0 Å². The number of fused-ring (bicyclic) bond motifs is 2. The maximum absolute atomic E-state index is 12.4. The summed E-state index contributed by atoms with van der Waals surface area (Å²) in [5.41, 5.74) is 4.53. The molecule has 5 heteroatoms. The van der Waals surface area contributed by atoms with E-state index in [0.29, 0.717) is 30.0 Å². The summed E-state index contributed by atoms with van der Waals surface area (Å²) < 4.78 is 6.31. The average molecular weight is 355 g/mol. The molecule has 1 amide bonds. The molecule has 5 rings (SSSR count). The smallest absolute Gasteiger partial charge is 0.256 e. The van der Waals surface area contributed by atoms with E-state index >= 15 is 0 Å². The molecule has 0 N–H and O–H groups in total. The summed E-state index contributed by atoms with van der Waals surface area (Å²) >= 11 is 0. The molecule has 3 fully saturated rings. The van der Waals surface area contributed by atoms with Crippen LogP contribution in [0.25, 0.3) is 0 Å². The normalized spacial score (nSPS) is 31.1. The van der Waals surface area contributed by atoms with Crippen LogP contribution >= 0.6 is 0 Å². The van der Waals surface area contributed by atoms with Crippen molar-refractivity contribution >= 4 is 11.7 Å². The molecule has 2 aliphatic heterocycles. The number of pyridine rings is 1. The van der Waals surface area contributed by atoms with E-state index < -0.39 is 0 Å². The summed E-state index contributed by atoms with van der Waals surface area (Å²) in [6.45, 7) is 9.12. The molecule has 0 spiro atoms. The third kappa shape index (κ3) is 2.47. The van der Waals surface area contributed by atoms with Crippen molar-refractivity contribution in [2.24, 2.45) is 11.3 Å². The lowest BCUT2D eigenvalue weighted by Gasteiger charge is -2.34. The highest BCUT2D eigenvalue weighted by molar-refractivity contribution is 5.99. The first kappa shape index (κ1) is 16.5. The van der Waals surface area contributed by atoms with E-state index in [-0.39, 0.29) is 5.91 Å². The van der Waals surface area contributed by atoms with E-state index in [9.17, 15) is 4.79 Å². The maximum Gasteiger partial charge on any atom is 0.256 e. The van der Waals surface area contributed by atoms with Gasteiger partial charge >= 0.3 is 0 Å². The summed E-state index contributed by atoms with van der Waals surface area (Å²) in [7, 11) is 1.86. The molecule has 4 aliphatic rings. The first-order chi connectivity index (χ1) is 12.4. The van der Waals surface area contributed by atoms with Crippen LogP contribution in [0.2, 0.25) is 0 Å². The number of carbonyl (C=O) groups is 1. The van der Waals surface area contributed by atoms with Gasteiger partial charge in [-0.1, -0.05) is 6.92 Å². The average Bonchev–Trinajstić information content (AvgIpc) is 3.51. The molecule has 26 heavy (non-hydrogen) atoms. The fourth-order valence-electron chi connectivity index (χ4n) is 4.74. The van der Waals surface area contributed by atoms with Crippen LogP contribution in [0, 0.1) is 25.2 Å². The van der Waals surface area contributed by atoms with Crippen LogP contribution < -0.4 is 4.90 Å². The summed E-state index contributed by atoms with van der Waals surface area (Å²) in [4.78, 5) is 21.6. The van der Waals surface area contributed by atoms with Gasteiger partial charge in [-0.05, 0) is 56.1 Å². The number of aromatic nitrogens is 1. The monoisotopic (exact) mass is 355 g/mol. The Bertz CT molecular complexity index is 786. The Balaban J connectivity index is 1.35. The van der Waals surface area contributed by atoms with Gasteiger partial charge in [-0.15, -0.1) is 0 Å². The Morgan fingerprint density at radius 2 is 2.04 bits per heavy atom. The standard InChI is InChI=1S/C21H29N3O2/c1-12-13(2)19(22-15-10-23(4)20(25)18(12)15)24-8-5-17(14-9-16(14)24)26-11-21(3)6-7-21/h14,16-17H,5-11H2,1-4H3. The first-order valence-corrected chi connectivity index (χ1v) is 10.0. The number of nitrogens with zero attached hydrogens (tertiary/aromatic N) is 3. The minimum Gasteiger partial charge on any atom is -0.377 e. The quantitative estimate of drug-likeness (QED) is 0.833. The molecule has 1 saturated heterocycles. The van der Waals surface area contributed by atoms with Crippen molar-refractivity contribution < 1.29 is 9.53 Å². The lowest BCUT2D eigenvalue weighted by Crippen LogP contribution is -2.40. The van der Waals surface area contributed by atoms with Crippen LogP contribution in [0.5, 0.6) is 0 Å². The second-order valence-corrected chi connectivity index (χ2v) is 9.28. The fourth-order valence-corrected chi connectivity index (χ4v) is 4.74. The topological polar surface area (TPSA) is 45.7 Å². The number of hydrogen-bond donors (Lipinski definition) is 0. The number of anilines is 1. The van der Waals surface area contributed by atoms with Crippen molar-refractivity contribution in [1.29, 1.82) is 0 Å². The highest BCUT2D eigenvalue weighted by Gasteiger charge is 2.52. The molecule has 0 bridgehead atoms. The lowest BCUT2D eigenvalue weighted by molar-refractivity contribution is 0.00311. The number of piperidine rings is 1. The van der Waals surface area contributed by atoms with Gasteiger partial charge in [-0.25, -0.2) is 4.98 Å². The van der Waals surface area contributed by atoms with Gasteiger partial charge in [-0.2, -0.15) is 0 Å². The van der Waals surface area contributed by atoms with Crippen molar-refractivity contribution in [3.63, 3.8) is 0 Å². The first-order valence-electron chi connectivity index (χ1n) is 10.0. The van der Waals surface area contributed by atoms with Crippen molar-refractivity contribution in [1.82, 2.24) is 9.88 Å². The van der Waals surface area contributed by atoms with Gasteiger partial charge in [0, 0.05) is 25.6 Å². The minimum absolute atomic E-state index is 0.115. The number of amides is 1. The summed E-state index contributed by atoms with van der Waals surface area (Å²) in [5, 5.41) is 0. The van der Waals surface area contributed by atoms with Crippen molar-refractivity contribution in [3.05, 3.63) is 22.4 Å². The molecule has 3 heterocycles. The van der Waals surface area contributed by atoms with Crippen LogP contribution in [-0.4, -0.2) is 48.1 Å². The molecule has 3 atom stereocenters. The molecular weight excluding hydrogens is 326 g/mol. The predicted molar refractivity (Wildman–Crippen MR) is 100 cm³/mol. The van der Waals surface area contributed by atoms with Gasteiger partial charge in [0.25, 0.3) is 5.91 Å². The molecule has 5 nitrogen and oxygen atoms in total. The number of carbonyl (C=O) groups excluding carboxylic acids is 1. The molecule has 1 aromatic rings. The maximum atomic E-state index is 12.4. The molecule has 1 aromatic heterocycles. The van der Waals surface area contributed by atoms with Gasteiger partial charge < -0.3 is 14.5 Å². The highest BCUT2D eigenvalue weighted by atomic mass is 16.5. The zero-order valence-electron chi connectivity index (χ0n) is 16.3. The second kappa shape index (κ2) is 5.44. The van der Waals surface area contributed by atoms with Crippen LogP contribution in [-0.2, 0) is 11.3 Å². The van der Waals surface area contributed by atoms with Crippen molar-refractivity contribution in [2.45, 2.75) is 65.1 Å². The molecular formula is C21H29N3O2. The van der Waals surface area contributed by atoms with Gasteiger partial charge in [0.1, 0.15) is 5.82 Å². The van der Waals surface area contributed by atoms with E-state index in [1.54, 1.807) is 4.90 Å². The number of hydrogen-bond acceptors (Lipinski definition) is 4. The predicted octanol–water partition coefficient (Wildman–Crippen LogP) is 3.07. The van der Waals surface area contributed by atoms with Crippen molar-refractivity contribution in [2.75, 3.05) is 25.1 Å². The third-order valence-electron chi connectivity index (χ3n) is 7.11. The lowest BCUT2D eigenvalue weighted by atomic mass is 10.0. The van der Waals surface area contributed by atoms with Gasteiger partial charge in [0.2, 0.25) is 0 Å². The summed E-state index contributed by atoms with van der Waals surface area (Å²) in [6, 6.07) is 0.569. The number of ether oxygens (including phenoxy) is 1. The highest BCUT2D eigenvalue weighted by Crippen LogP contribution is 2.50. The second-order valence-electron chi connectivity index (χ2n) is 9.28. The Labute approximate surface area is 155 Å². The van der Waals surface area contributed by atoms with E-state index in [1.807, 2.05) is 7.05 Å². The van der Waals surface area contributed by atoms with Crippen LogP contribution in [0.1, 0.15) is 59.8 Å². The summed E-state index contributed by atoms with van der Waals surface area (Å²) in [5.74, 6) is 1.87. The fraction of sp³-hybridized carbons (Fsp3) is 0.714. The zero-order valence-corrected chi connectivity index (χ0v) is 16.3. The molecule has 3 unspecified atom stereocenters. The van der Waals surface area contributed by atoms with E-state index in [2.05, 4.69) is 25.7 Å². The Morgan fingerprint density at radius 1 is 1.27 bits per heavy atom. The zero-order chi connectivity index (χ0) is 18.2. The minimum atomic E-state index is 0.115. The third-order valence-corrected chi connectivity index (χ3v) is 7.11. The van der Waals surface area contributed by atoms with E-state index in [1.165, 1.54) is 24.8 Å². The number of rotatable bonds is 4. The van der Waals surface area contributed by atoms with Crippen LogP contribution in [0.3, 0.4) is 0 Å². The van der Waals surface area contributed by atoms with E-state index in [0.717, 1.165) is 42.2 Å².